The second-order valence-corrected chi connectivity index (χ2v) is 3.06. The van der Waals surface area contributed by atoms with Crippen LogP contribution in [0.4, 0.5) is 0 Å². The van der Waals surface area contributed by atoms with E-state index in [-0.39, 0.29) is 0 Å². The molecule has 1 N–H and O–H groups in total. The van der Waals surface area contributed by atoms with E-state index in [9.17, 15) is 0 Å². The molecular formula is C5H6ClN2NaO2. The standard InChI is InChI=1S/C3H2ClN2.C2H4O2.Na/c4-6-2-1-5-3-6;1-2(3)4;/h1-2H;1H3,(H,3,4);. The van der Waals surface area contributed by atoms with Gasteiger partial charge in [0.2, 0.25) is 0 Å². The number of imidazole rings is 1. The molecule has 0 aliphatic carbocycles. The van der Waals surface area contributed by atoms with Gasteiger partial charge in [0.05, 0.1) is 0 Å². The molecule has 6 heteroatoms. The average molecular weight is 185 g/mol. The monoisotopic (exact) mass is 184 g/mol. The summed E-state index contributed by atoms with van der Waals surface area (Å²) < 4.78 is 2.47. The zero-order valence-corrected chi connectivity index (χ0v) is 9.04. The van der Waals surface area contributed by atoms with Gasteiger partial charge in [0.1, 0.15) is 0 Å². The summed E-state index contributed by atoms with van der Waals surface area (Å²) in [6.07, 6.45) is 3.42. The fraction of sp³-hybridized carbons (Fsp3) is 0.200. The first-order valence-electron chi connectivity index (χ1n) is 2.89. The third-order valence-corrected chi connectivity index (χ3v) is 2.15. The van der Waals surface area contributed by atoms with E-state index >= 15 is 0 Å². The van der Waals surface area contributed by atoms with Gasteiger partial charge in [-0.05, 0) is 0 Å². The number of carboxylic acids is 1. The van der Waals surface area contributed by atoms with Crippen molar-refractivity contribution in [2.24, 2.45) is 0 Å². The summed E-state index contributed by atoms with van der Waals surface area (Å²) in [5.74, 6) is -0.833. The summed E-state index contributed by atoms with van der Waals surface area (Å²) in [6, 6.07) is 0. The molecule has 0 spiro atoms. The molecule has 0 bridgehead atoms. The molecular weight excluding hydrogens is 179 g/mol. The molecule has 0 amide bonds. The Bertz CT molecular complexity index is 218. The number of aliphatic carboxylic acids is 1. The molecule has 11 heavy (non-hydrogen) atoms. The summed E-state index contributed by atoms with van der Waals surface area (Å²) in [7, 11) is 0. The van der Waals surface area contributed by atoms with E-state index in [1.54, 1.807) is 12.4 Å². The molecule has 1 aromatic rings. The van der Waals surface area contributed by atoms with Crippen LogP contribution in [0.3, 0.4) is 0 Å². The molecule has 1 heterocycles. The molecule has 0 saturated carbocycles. The van der Waals surface area contributed by atoms with E-state index in [0.29, 0.717) is 0 Å². The SMILES string of the molecule is CC(=O)O.[Na][c]1nccn1Cl. The minimum atomic E-state index is -0.833. The van der Waals surface area contributed by atoms with Crippen LogP contribution in [0.1, 0.15) is 6.92 Å². The van der Waals surface area contributed by atoms with Crippen molar-refractivity contribution in [1.82, 2.24) is 9.07 Å². The van der Waals surface area contributed by atoms with Crippen molar-refractivity contribution in [3.05, 3.63) is 12.4 Å². The first-order chi connectivity index (χ1) is 5.04. The van der Waals surface area contributed by atoms with E-state index in [0.717, 1.165) is 37.9 Å². The van der Waals surface area contributed by atoms with Crippen LogP contribution in [-0.4, -0.2) is 48.1 Å². The zero-order chi connectivity index (χ0) is 8.85. The average Bonchev–Trinajstić information content (AvgIpc) is 2.15. The van der Waals surface area contributed by atoms with Gasteiger partial charge >= 0.3 is 64.2 Å². The summed E-state index contributed by atoms with van der Waals surface area (Å²) in [6.45, 7) is 1.08. The van der Waals surface area contributed by atoms with Gasteiger partial charge in [-0.2, -0.15) is 0 Å². The van der Waals surface area contributed by atoms with Gasteiger partial charge in [0.15, 0.2) is 0 Å². The Labute approximate surface area is 86.7 Å². The molecule has 0 aliphatic rings. The molecule has 56 valence electrons. The first kappa shape index (κ1) is 11.0. The van der Waals surface area contributed by atoms with Crippen LogP contribution >= 0.6 is 11.8 Å². The maximum atomic E-state index is 9.00. The third kappa shape index (κ3) is 6.37. The van der Waals surface area contributed by atoms with Gasteiger partial charge in [0, 0.05) is 6.92 Å². The molecule has 0 aliphatic heterocycles. The van der Waals surface area contributed by atoms with Gasteiger partial charge in [-0.15, -0.1) is 0 Å². The number of nitrogens with zero attached hydrogens (tertiary/aromatic N) is 2. The Hall–Kier alpha value is -0.0300. The van der Waals surface area contributed by atoms with Crippen molar-refractivity contribution in [3.8, 4) is 0 Å². The van der Waals surface area contributed by atoms with Crippen LogP contribution in [0.5, 0.6) is 0 Å². The Morgan fingerprint density at radius 2 is 2.36 bits per heavy atom. The van der Waals surface area contributed by atoms with Gasteiger partial charge in [0.25, 0.3) is 5.97 Å². The Balaban J connectivity index is 0.000000218. The molecule has 1 rings (SSSR count). The van der Waals surface area contributed by atoms with Crippen LogP contribution in [-0.2, 0) is 4.79 Å². The number of aromatic nitrogens is 2. The van der Waals surface area contributed by atoms with E-state index in [1.165, 1.54) is 4.09 Å². The molecule has 0 fully saturated rings. The Morgan fingerprint density at radius 1 is 1.91 bits per heavy atom. The fourth-order valence-electron chi connectivity index (χ4n) is 0.363. The fourth-order valence-corrected chi connectivity index (χ4v) is 0.755. The van der Waals surface area contributed by atoms with E-state index in [2.05, 4.69) is 4.98 Å². The van der Waals surface area contributed by atoms with Crippen molar-refractivity contribution in [2.75, 3.05) is 0 Å². The van der Waals surface area contributed by atoms with Crippen molar-refractivity contribution in [1.29, 1.82) is 0 Å². The summed E-state index contributed by atoms with van der Waals surface area (Å²) in [5.41, 5.74) is 0. The Kier molecular flexibility index (Phi) is 5.58. The van der Waals surface area contributed by atoms with Gasteiger partial charge in [-0.25, -0.2) is 0 Å². The molecule has 0 radical (unpaired) electrons. The van der Waals surface area contributed by atoms with Crippen LogP contribution < -0.4 is 3.07 Å². The van der Waals surface area contributed by atoms with Gasteiger partial charge in [-0.1, -0.05) is 0 Å². The normalized spacial score (nSPS) is 8.36. The third-order valence-electron chi connectivity index (χ3n) is 0.768. The number of carboxylic acid groups (broad SMARTS) is 1. The maximum absolute atomic E-state index is 9.00. The Morgan fingerprint density at radius 3 is 2.45 bits per heavy atom. The van der Waals surface area contributed by atoms with Crippen molar-refractivity contribution in [3.63, 3.8) is 0 Å². The predicted octanol–water partition coefficient (Wildman–Crippen LogP) is -0.230. The van der Waals surface area contributed by atoms with Crippen LogP contribution in [0.2, 0.25) is 0 Å². The minimum absolute atomic E-state index is 0.833. The van der Waals surface area contributed by atoms with Gasteiger partial charge in [-0.3, -0.25) is 4.79 Å². The summed E-state index contributed by atoms with van der Waals surface area (Å²) in [5, 5.41) is 7.42. The number of carbonyl (C=O) groups is 1. The first-order valence-corrected chi connectivity index (χ1v) is 4.23. The number of hydrogen-bond acceptors (Lipinski definition) is 2. The van der Waals surface area contributed by atoms with Crippen LogP contribution in [0.25, 0.3) is 0 Å². The summed E-state index contributed by atoms with van der Waals surface area (Å²) >= 11 is 6.43. The molecule has 4 nitrogen and oxygen atoms in total. The molecule has 1 aromatic heterocycles. The van der Waals surface area contributed by atoms with Gasteiger partial charge < -0.3 is 5.11 Å². The summed E-state index contributed by atoms with van der Waals surface area (Å²) in [4.78, 5) is 12.9. The van der Waals surface area contributed by atoms with Crippen molar-refractivity contribution < 1.29 is 9.90 Å². The zero-order valence-electron chi connectivity index (χ0n) is 6.28. The van der Waals surface area contributed by atoms with E-state index < -0.39 is 5.97 Å². The molecule has 0 atom stereocenters. The number of hydrogen-bond donors (Lipinski definition) is 1. The van der Waals surface area contributed by atoms with Crippen molar-refractivity contribution in [2.45, 2.75) is 6.92 Å². The predicted molar refractivity (Wildman–Crippen MR) is 42.2 cm³/mol. The topological polar surface area (TPSA) is 55.1 Å². The number of halogens is 1. The molecule has 0 saturated heterocycles. The molecule has 0 aromatic carbocycles. The second kappa shape index (κ2) is 5.60. The van der Waals surface area contributed by atoms with Crippen LogP contribution in [0.15, 0.2) is 12.4 Å². The van der Waals surface area contributed by atoms with Crippen molar-refractivity contribution >= 4 is 48.8 Å². The molecule has 0 unspecified atom stereocenters. The van der Waals surface area contributed by atoms with E-state index in [1.807, 2.05) is 0 Å². The van der Waals surface area contributed by atoms with Crippen LogP contribution in [0, 0.1) is 0 Å². The number of rotatable bonds is 0. The second-order valence-electron chi connectivity index (χ2n) is 1.80. The quantitative estimate of drug-likeness (QED) is 0.567. The van der Waals surface area contributed by atoms with E-state index in [4.69, 9.17) is 21.7 Å².